The highest BCUT2D eigenvalue weighted by Crippen LogP contribution is 2.26. The topological polar surface area (TPSA) is 66.8 Å². The molecule has 0 spiro atoms. The van der Waals surface area contributed by atoms with Crippen LogP contribution in [0.2, 0.25) is 0 Å². The fourth-order valence-corrected chi connectivity index (χ4v) is 3.99. The summed E-state index contributed by atoms with van der Waals surface area (Å²) in [5, 5.41) is 8.58. The number of ether oxygens (including phenoxy) is 1. The molecule has 0 saturated carbocycles. The molecule has 0 bridgehead atoms. The second-order valence-electron chi connectivity index (χ2n) is 5.54. The predicted molar refractivity (Wildman–Crippen MR) is 77.9 cm³/mol. The molecular weight excluding hydrogens is 278 g/mol. The van der Waals surface area contributed by atoms with Crippen LogP contribution in [0.4, 0.5) is 0 Å². The number of aliphatic carboxylic acids is 1. The van der Waals surface area contributed by atoms with Gasteiger partial charge in [0, 0.05) is 19.5 Å². The smallest absolute Gasteiger partial charge is 0.329 e. The Kier molecular flexibility index (Phi) is 6.16. The summed E-state index contributed by atoms with van der Waals surface area (Å²) >= 11 is 1.98. The third kappa shape index (κ3) is 4.98. The van der Waals surface area contributed by atoms with Gasteiger partial charge in [-0.05, 0) is 43.1 Å². The lowest BCUT2D eigenvalue weighted by Gasteiger charge is -2.33. The molecule has 0 unspecified atom stereocenters. The van der Waals surface area contributed by atoms with Crippen molar-refractivity contribution < 1.29 is 19.4 Å². The van der Waals surface area contributed by atoms with Gasteiger partial charge in [-0.1, -0.05) is 0 Å². The van der Waals surface area contributed by atoms with E-state index in [9.17, 15) is 9.59 Å². The van der Waals surface area contributed by atoms with E-state index >= 15 is 0 Å². The number of carbonyl (C=O) groups excluding carboxylic acids is 1. The van der Waals surface area contributed by atoms with Gasteiger partial charge in [0.15, 0.2) is 0 Å². The average molecular weight is 301 g/mol. The number of nitrogens with zero attached hydrogens (tertiary/aromatic N) is 1. The SMILES string of the molecule is O=C(O)COC1CCN(C(=O)CC2CCSCC2)CC1. The normalized spacial score (nSPS) is 21.9. The van der Waals surface area contributed by atoms with Crippen LogP contribution in [0.1, 0.15) is 32.1 Å². The van der Waals surface area contributed by atoms with Gasteiger partial charge < -0.3 is 14.7 Å². The van der Waals surface area contributed by atoms with Crippen LogP contribution in [0.3, 0.4) is 0 Å². The summed E-state index contributed by atoms with van der Waals surface area (Å²) in [5.41, 5.74) is 0. The lowest BCUT2D eigenvalue weighted by atomic mass is 9.97. The highest BCUT2D eigenvalue weighted by molar-refractivity contribution is 7.99. The molecule has 2 aliphatic rings. The highest BCUT2D eigenvalue weighted by Gasteiger charge is 2.26. The average Bonchev–Trinajstić information content (AvgIpc) is 2.46. The van der Waals surface area contributed by atoms with Crippen molar-refractivity contribution in [1.82, 2.24) is 4.90 Å². The van der Waals surface area contributed by atoms with Crippen LogP contribution in [0.15, 0.2) is 0 Å². The Morgan fingerprint density at radius 3 is 2.40 bits per heavy atom. The number of amides is 1. The van der Waals surface area contributed by atoms with Crippen molar-refractivity contribution >= 4 is 23.6 Å². The molecule has 2 rings (SSSR count). The van der Waals surface area contributed by atoms with Gasteiger partial charge in [-0.25, -0.2) is 4.79 Å². The Hall–Kier alpha value is -0.750. The van der Waals surface area contributed by atoms with Crippen LogP contribution in [0.25, 0.3) is 0 Å². The third-order valence-electron chi connectivity index (χ3n) is 4.04. The van der Waals surface area contributed by atoms with Gasteiger partial charge in [0.25, 0.3) is 0 Å². The van der Waals surface area contributed by atoms with Crippen LogP contribution in [0, 0.1) is 5.92 Å². The summed E-state index contributed by atoms with van der Waals surface area (Å²) in [6, 6.07) is 0. The molecule has 20 heavy (non-hydrogen) atoms. The Balaban J connectivity index is 1.67. The van der Waals surface area contributed by atoms with Gasteiger partial charge in [-0.3, -0.25) is 4.79 Å². The zero-order valence-corrected chi connectivity index (χ0v) is 12.6. The van der Waals surface area contributed by atoms with Crippen molar-refractivity contribution in [2.45, 2.75) is 38.2 Å². The second kappa shape index (κ2) is 7.88. The first-order valence-electron chi connectivity index (χ1n) is 7.34. The van der Waals surface area contributed by atoms with Crippen LogP contribution < -0.4 is 0 Å². The monoisotopic (exact) mass is 301 g/mol. The molecule has 1 amide bonds. The second-order valence-corrected chi connectivity index (χ2v) is 6.77. The van der Waals surface area contributed by atoms with Crippen molar-refractivity contribution in [3.63, 3.8) is 0 Å². The molecule has 114 valence electrons. The summed E-state index contributed by atoms with van der Waals surface area (Å²) < 4.78 is 5.28. The summed E-state index contributed by atoms with van der Waals surface area (Å²) in [6.07, 6.45) is 4.49. The Morgan fingerprint density at radius 1 is 1.15 bits per heavy atom. The van der Waals surface area contributed by atoms with Gasteiger partial charge in [-0.2, -0.15) is 11.8 Å². The number of carbonyl (C=O) groups is 2. The number of hydrogen-bond acceptors (Lipinski definition) is 4. The number of rotatable bonds is 5. The fraction of sp³-hybridized carbons (Fsp3) is 0.857. The lowest BCUT2D eigenvalue weighted by Crippen LogP contribution is -2.42. The number of hydrogen-bond donors (Lipinski definition) is 1. The zero-order valence-electron chi connectivity index (χ0n) is 11.8. The molecule has 0 atom stereocenters. The molecule has 1 N–H and O–H groups in total. The van der Waals surface area contributed by atoms with E-state index in [1.165, 1.54) is 11.5 Å². The Morgan fingerprint density at radius 2 is 1.80 bits per heavy atom. The molecule has 0 aromatic carbocycles. The van der Waals surface area contributed by atoms with Gasteiger partial charge in [0.1, 0.15) is 6.61 Å². The summed E-state index contributed by atoms with van der Waals surface area (Å²) in [4.78, 5) is 24.6. The maximum absolute atomic E-state index is 12.2. The van der Waals surface area contributed by atoms with E-state index in [2.05, 4.69) is 0 Å². The molecule has 2 saturated heterocycles. The molecular formula is C14H23NO4S. The molecule has 6 heteroatoms. The Labute approximate surface area is 124 Å². The first kappa shape index (κ1) is 15.6. The quantitative estimate of drug-likeness (QED) is 0.835. The number of likely N-dealkylation sites (tertiary alicyclic amines) is 1. The van der Waals surface area contributed by atoms with Gasteiger partial charge in [0.05, 0.1) is 6.10 Å². The van der Waals surface area contributed by atoms with Crippen molar-refractivity contribution in [1.29, 1.82) is 0 Å². The standard InChI is InChI=1S/C14H23NO4S/c16-13(9-11-3-7-20-8-4-11)15-5-1-12(2-6-15)19-10-14(17)18/h11-12H,1-10H2,(H,17,18). The largest absolute Gasteiger partial charge is 0.480 e. The number of piperidine rings is 1. The molecule has 0 aromatic heterocycles. The minimum absolute atomic E-state index is 0.0127. The van der Waals surface area contributed by atoms with Crippen LogP contribution in [0.5, 0.6) is 0 Å². The van der Waals surface area contributed by atoms with Crippen LogP contribution in [-0.2, 0) is 14.3 Å². The molecule has 2 heterocycles. The number of carboxylic acids is 1. The highest BCUT2D eigenvalue weighted by atomic mass is 32.2. The van der Waals surface area contributed by atoms with Gasteiger partial charge in [-0.15, -0.1) is 0 Å². The van der Waals surface area contributed by atoms with E-state index in [1.54, 1.807) is 0 Å². The van der Waals surface area contributed by atoms with E-state index in [4.69, 9.17) is 9.84 Å². The maximum Gasteiger partial charge on any atom is 0.329 e. The molecule has 2 aliphatic heterocycles. The first-order chi connectivity index (χ1) is 9.65. The molecule has 0 radical (unpaired) electrons. The minimum atomic E-state index is -0.932. The van der Waals surface area contributed by atoms with E-state index in [0.29, 0.717) is 25.4 Å². The van der Waals surface area contributed by atoms with E-state index < -0.39 is 5.97 Å². The van der Waals surface area contributed by atoms with E-state index in [1.807, 2.05) is 16.7 Å². The maximum atomic E-state index is 12.2. The van der Waals surface area contributed by atoms with Crippen LogP contribution in [-0.4, -0.2) is 59.2 Å². The van der Waals surface area contributed by atoms with Crippen molar-refractivity contribution in [3.8, 4) is 0 Å². The fourth-order valence-electron chi connectivity index (χ4n) is 2.79. The summed E-state index contributed by atoms with van der Waals surface area (Å²) in [5.74, 6) is 2.26. The van der Waals surface area contributed by atoms with Crippen molar-refractivity contribution in [3.05, 3.63) is 0 Å². The molecule has 0 aromatic rings. The van der Waals surface area contributed by atoms with Crippen molar-refractivity contribution in [2.75, 3.05) is 31.2 Å². The first-order valence-corrected chi connectivity index (χ1v) is 8.49. The molecule has 5 nitrogen and oxygen atoms in total. The van der Waals surface area contributed by atoms with Gasteiger partial charge in [0.2, 0.25) is 5.91 Å². The molecule has 2 fully saturated rings. The minimum Gasteiger partial charge on any atom is -0.480 e. The van der Waals surface area contributed by atoms with Gasteiger partial charge >= 0.3 is 5.97 Å². The molecule has 0 aliphatic carbocycles. The van der Waals surface area contributed by atoms with E-state index in [-0.39, 0.29) is 18.6 Å². The van der Waals surface area contributed by atoms with E-state index in [0.717, 1.165) is 25.7 Å². The summed E-state index contributed by atoms with van der Waals surface area (Å²) in [7, 11) is 0. The summed E-state index contributed by atoms with van der Waals surface area (Å²) in [6.45, 7) is 1.16. The van der Waals surface area contributed by atoms with Crippen molar-refractivity contribution in [2.24, 2.45) is 5.92 Å². The lowest BCUT2D eigenvalue weighted by molar-refractivity contribution is -0.147. The number of thioether (sulfide) groups is 1. The third-order valence-corrected chi connectivity index (χ3v) is 5.09. The number of carboxylic acid groups (broad SMARTS) is 1. The zero-order chi connectivity index (χ0) is 14.4. The van der Waals surface area contributed by atoms with Crippen LogP contribution >= 0.6 is 11.8 Å². The predicted octanol–water partition coefficient (Wildman–Crippen LogP) is 1.61. The Bertz CT molecular complexity index is 336.